The Labute approximate surface area is 76.9 Å². The number of carboxylic acid groups (broad SMARTS) is 1. The van der Waals surface area contributed by atoms with Gasteiger partial charge in [0.15, 0.2) is 0 Å². The van der Waals surface area contributed by atoms with Crippen molar-refractivity contribution in [2.75, 3.05) is 6.61 Å². The van der Waals surface area contributed by atoms with Crippen molar-refractivity contribution in [3.05, 3.63) is 0 Å². The van der Waals surface area contributed by atoms with Crippen molar-refractivity contribution in [1.29, 1.82) is 0 Å². The molecule has 0 aromatic carbocycles. The SMILES string of the molecule is CCOC(=O)[C@H](N)[C@H](CC)C(=O)O. The zero-order valence-corrected chi connectivity index (χ0v) is 7.82. The second kappa shape index (κ2) is 5.53. The molecule has 0 radical (unpaired) electrons. The molecular formula is C8H15NO4. The van der Waals surface area contributed by atoms with Crippen molar-refractivity contribution in [1.82, 2.24) is 0 Å². The van der Waals surface area contributed by atoms with Gasteiger partial charge in [-0.2, -0.15) is 0 Å². The number of carboxylic acids is 1. The largest absolute Gasteiger partial charge is 0.481 e. The van der Waals surface area contributed by atoms with Gasteiger partial charge in [-0.05, 0) is 13.3 Å². The van der Waals surface area contributed by atoms with Crippen molar-refractivity contribution < 1.29 is 19.4 Å². The van der Waals surface area contributed by atoms with Crippen LogP contribution in [0, 0.1) is 5.92 Å². The molecule has 0 saturated carbocycles. The van der Waals surface area contributed by atoms with Crippen LogP contribution in [-0.4, -0.2) is 29.7 Å². The standard InChI is InChI=1S/C8H15NO4/c1-3-5(7(10)11)6(9)8(12)13-4-2/h5-6H,3-4,9H2,1-2H3,(H,10,11)/t5-,6+/m0/s1. The molecular weight excluding hydrogens is 174 g/mol. The Bertz CT molecular complexity index is 193. The molecule has 0 aliphatic rings. The van der Waals surface area contributed by atoms with E-state index in [4.69, 9.17) is 10.8 Å². The Kier molecular flexibility index (Phi) is 5.06. The number of hydrogen-bond acceptors (Lipinski definition) is 4. The van der Waals surface area contributed by atoms with Gasteiger partial charge in [0, 0.05) is 0 Å². The molecule has 0 saturated heterocycles. The van der Waals surface area contributed by atoms with E-state index in [2.05, 4.69) is 4.74 Å². The highest BCUT2D eigenvalue weighted by atomic mass is 16.5. The van der Waals surface area contributed by atoms with E-state index < -0.39 is 23.9 Å². The average molecular weight is 189 g/mol. The highest BCUT2D eigenvalue weighted by molar-refractivity contribution is 5.83. The summed E-state index contributed by atoms with van der Waals surface area (Å²) >= 11 is 0. The van der Waals surface area contributed by atoms with Gasteiger partial charge >= 0.3 is 11.9 Å². The quantitative estimate of drug-likeness (QED) is 0.593. The summed E-state index contributed by atoms with van der Waals surface area (Å²) in [6.07, 6.45) is 0.315. The molecule has 0 aromatic heterocycles. The fraction of sp³-hybridized carbons (Fsp3) is 0.750. The predicted octanol–water partition coefficient (Wildman–Crippen LogP) is -0.0124. The summed E-state index contributed by atoms with van der Waals surface area (Å²) in [5.74, 6) is -2.58. The zero-order valence-electron chi connectivity index (χ0n) is 7.82. The van der Waals surface area contributed by atoms with Crippen molar-refractivity contribution in [3.8, 4) is 0 Å². The number of aliphatic carboxylic acids is 1. The lowest BCUT2D eigenvalue weighted by Gasteiger charge is -2.16. The van der Waals surface area contributed by atoms with Crippen LogP contribution >= 0.6 is 0 Å². The number of ether oxygens (including phenoxy) is 1. The first kappa shape index (κ1) is 11.9. The fourth-order valence-electron chi connectivity index (χ4n) is 0.985. The van der Waals surface area contributed by atoms with Crippen molar-refractivity contribution in [2.24, 2.45) is 11.7 Å². The lowest BCUT2D eigenvalue weighted by Crippen LogP contribution is -2.42. The monoisotopic (exact) mass is 189 g/mol. The normalized spacial score (nSPS) is 14.7. The van der Waals surface area contributed by atoms with Crippen molar-refractivity contribution in [2.45, 2.75) is 26.3 Å². The van der Waals surface area contributed by atoms with E-state index in [1.54, 1.807) is 13.8 Å². The van der Waals surface area contributed by atoms with Gasteiger partial charge < -0.3 is 15.6 Å². The molecule has 0 unspecified atom stereocenters. The van der Waals surface area contributed by atoms with E-state index in [9.17, 15) is 9.59 Å². The van der Waals surface area contributed by atoms with Gasteiger partial charge in [0.25, 0.3) is 0 Å². The maximum atomic E-state index is 11.0. The van der Waals surface area contributed by atoms with Crippen LogP contribution in [0.2, 0.25) is 0 Å². The molecule has 0 aliphatic heterocycles. The average Bonchev–Trinajstić information content (AvgIpc) is 2.05. The Morgan fingerprint density at radius 3 is 2.31 bits per heavy atom. The molecule has 2 atom stereocenters. The van der Waals surface area contributed by atoms with E-state index in [1.165, 1.54) is 0 Å². The van der Waals surface area contributed by atoms with Crippen LogP contribution in [0.25, 0.3) is 0 Å². The van der Waals surface area contributed by atoms with Crippen LogP contribution < -0.4 is 5.73 Å². The molecule has 3 N–H and O–H groups in total. The van der Waals surface area contributed by atoms with Gasteiger partial charge in [0.05, 0.1) is 12.5 Å². The summed E-state index contributed by atoms with van der Waals surface area (Å²) in [6.45, 7) is 3.52. The van der Waals surface area contributed by atoms with Crippen molar-refractivity contribution >= 4 is 11.9 Å². The molecule has 13 heavy (non-hydrogen) atoms. The van der Waals surface area contributed by atoms with Gasteiger partial charge in [-0.25, -0.2) is 0 Å². The van der Waals surface area contributed by atoms with E-state index in [1.807, 2.05) is 0 Å². The number of esters is 1. The molecule has 5 nitrogen and oxygen atoms in total. The van der Waals surface area contributed by atoms with Gasteiger partial charge in [0.1, 0.15) is 6.04 Å². The van der Waals surface area contributed by atoms with Crippen LogP contribution in [0.1, 0.15) is 20.3 Å². The topological polar surface area (TPSA) is 89.6 Å². The molecule has 0 heterocycles. The third-order valence-electron chi connectivity index (χ3n) is 1.75. The first-order valence-corrected chi connectivity index (χ1v) is 4.19. The fourth-order valence-corrected chi connectivity index (χ4v) is 0.985. The Morgan fingerprint density at radius 1 is 1.46 bits per heavy atom. The summed E-state index contributed by atoms with van der Waals surface area (Å²) in [5.41, 5.74) is 5.40. The third kappa shape index (κ3) is 3.42. The summed E-state index contributed by atoms with van der Waals surface area (Å²) in [6, 6.07) is -1.07. The van der Waals surface area contributed by atoms with Gasteiger partial charge in [-0.15, -0.1) is 0 Å². The Morgan fingerprint density at radius 2 is 2.00 bits per heavy atom. The third-order valence-corrected chi connectivity index (χ3v) is 1.75. The van der Waals surface area contributed by atoms with Crippen LogP contribution in [-0.2, 0) is 14.3 Å². The lowest BCUT2D eigenvalue weighted by atomic mass is 9.98. The molecule has 0 fully saturated rings. The summed E-state index contributed by atoms with van der Waals surface area (Å²) < 4.78 is 4.61. The smallest absolute Gasteiger partial charge is 0.323 e. The van der Waals surface area contributed by atoms with Gasteiger partial charge in [-0.1, -0.05) is 6.92 Å². The second-order valence-corrected chi connectivity index (χ2v) is 2.63. The Hall–Kier alpha value is -1.10. The van der Waals surface area contributed by atoms with Crippen LogP contribution in [0.4, 0.5) is 0 Å². The molecule has 0 aliphatic carbocycles. The van der Waals surface area contributed by atoms with Crippen LogP contribution in [0.3, 0.4) is 0 Å². The summed E-state index contributed by atoms with van der Waals surface area (Å²) in [4.78, 5) is 21.6. The highest BCUT2D eigenvalue weighted by Gasteiger charge is 2.29. The number of rotatable bonds is 5. The molecule has 0 rings (SSSR count). The molecule has 0 aromatic rings. The summed E-state index contributed by atoms with van der Waals surface area (Å²) in [7, 11) is 0. The molecule has 0 amide bonds. The van der Waals surface area contributed by atoms with Crippen molar-refractivity contribution in [3.63, 3.8) is 0 Å². The predicted molar refractivity (Wildman–Crippen MR) is 46.0 cm³/mol. The lowest BCUT2D eigenvalue weighted by molar-refractivity contribution is -0.153. The Balaban J connectivity index is 4.27. The highest BCUT2D eigenvalue weighted by Crippen LogP contribution is 2.08. The minimum absolute atomic E-state index is 0.211. The van der Waals surface area contributed by atoms with Crippen LogP contribution in [0.15, 0.2) is 0 Å². The maximum Gasteiger partial charge on any atom is 0.323 e. The number of carbonyl (C=O) groups is 2. The van der Waals surface area contributed by atoms with E-state index in [0.29, 0.717) is 6.42 Å². The molecule has 0 spiro atoms. The van der Waals surface area contributed by atoms with E-state index in [0.717, 1.165) is 0 Å². The first-order chi connectivity index (χ1) is 6.04. The van der Waals surface area contributed by atoms with E-state index in [-0.39, 0.29) is 6.61 Å². The number of carbonyl (C=O) groups excluding carboxylic acids is 1. The minimum Gasteiger partial charge on any atom is -0.481 e. The van der Waals surface area contributed by atoms with Crippen LogP contribution in [0.5, 0.6) is 0 Å². The number of hydrogen-bond donors (Lipinski definition) is 2. The van der Waals surface area contributed by atoms with Gasteiger partial charge in [0.2, 0.25) is 0 Å². The zero-order chi connectivity index (χ0) is 10.4. The molecule has 5 heteroatoms. The number of nitrogens with two attached hydrogens (primary N) is 1. The minimum atomic E-state index is -1.07. The molecule has 76 valence electrons. The van der Waals surface area contributed by atoms with E-state index >= 15 is 0 Å². The second-order valence-electron chi connectivity index (χ2n) is 2.63. The molecule has 0 bridgehead atoms. The summed E-state index contributed by atoms with van der Waals surface area (Å²) in [5, 5.41) is 8.67. The van der Waals surface area contributed by atoms with Gasteiger partial charge in [-0.3, -0.25) is 9.59 Å². The first-order valence-electron chi connectivity index (χ1n) is 4.19. The maximum absolute atomic E-state index is 11.0.